The zero-order valence-corrected chi connectivity index (χ0v) is 16.4. The van der Waals surface area contributed by atoms with Crippen LogP contribution in [0.4, 0.5) is 5.69 Å². The van der Waals surface area contributed by atoms with E-state index in [0.29, 0.717) is 11.6 Å². The summed E-state index contributed by atoms with van der Waals surface area (Å²) in [5.41, 5.74) is 7.42. The van der Waals surface area contributed by atoms with Gasteiger partial charge in [0.15, 0.2) is 0 Å². The van der Waals surface area contributed by atoms with E-state index >= 15 is 0 Å². The maximum atomic E-state index is 10.5. The van der Waals surface area contributed by atoms with Gasteiger partial charge in [0.1, 0.15) is 5.75 Å². The maximum absolute atomic E-state index is 10.5. The van der Waals surface area contributed by atoms with Gasteiger partial charge in [0, 0.05) is 42.3 Å². The number of nitrogens with two attached hydrogens (primary N) is 1. The predicted octanol–water partition coefficient (Wildman–Crippen LogP) is 3.72. The molecule has 7 heteroatoms. The molecule has 1 aromatic rings. The topological polar surface area (TPSA) is 61.5 Å². The molecule has 1 saturated heterocycles. The van der Waals surface area contributed by atoms with Crippen LogP contribution in [0.3, 0.4) is 0 Å². The van der Waals surface area contributed by atoms with E-state index in [2.05, 4.69) is 26.1 Å². The number of anilines is 1. The van der Waals surface area contributed by atoms with E-state index in [1.54, 1.807) is 6.07 Å². The first-order valence-corrected chi connectivity index (χ1v) is 8.69. The van der Waals surface area contributed by atoms with Crippen LogP contribution in [0.15, 0.2) is 16.6 Å². The number of phenols is 1. The average molecular weight is 427 g/mol. The van der Waals surface area contributed by atoms with Gasteiger partial charge in [-0.2, -0.15) is 0 Å². The average Bonchev–Trinajstić information content (AvgIpc) is 3.02. The number of nitrogens with one attached hydrogen (secondary N) is 1. The molecule has 1 heterocycles. The number of benzene rings is 1. The molecule has 0 spiro atoms. The van der Waals surface area contributed by atoms with Gasteiger partial charge in [-0.1, -0.05) is 28.8 Å². The molecule has 132 valence electrons. The summed E-state index contributed by atoms with van der Waals surface area (Å²) in [6.07, 6.45) is 5.09. The lowest BCUT2D eigenvalue weighted by Gasteiger charge is -2.39. The Balaban J connectivity index is 0.00000132. The quantitative estimate of drug-likeness (QED) is 0.509. The third-order valence-corrected chi connectivity index (χ3v) is 5.57. The van der Waals surface area contributed by atoms with Crippen molar-refractivity contribution in [2.24, 2.45) is 5.92 Å². The van der Waals surface area contributed by atoms with Crippen LogP contribution < -0.4 is 11.1 Å². The Bertz CT molecular complexity index is 506. The SMILES string of the molecule is Cl.Cl.Nc1ccc(Br)c([C@H](C2CCCC2)N2CCNCC2)c1O. The third kappa shape index (κ3) is 4.45. The molecule has 4 N–H and O–H groups in total. The van der Waals surface area contributed by atoms with Crippen molar-refractivity contribution in [2.75, 3.05) is 31.9 Å². The Morgan fingerprint density at radius 1 is 1.17 bits per heavy atom. The minimum absolute atomic E-state index is 0. The number of hydrogen-bond donors (Lipinski definition) is 3. The normalized spacial score (nSPS) is 20.6. The Kier molecular flexibility index (Phi) is 8.45. The van der Waals surface area contributed by atoms with Crippen molar-refractivity contribution in [3.63, 3.8) is 0 Å². The molecule has 1 aliphatic carbocycles. The Labute approximate surface area is 159 Å². The van der Waals surface area contributed by atoms with Gasteiger partial charge in [0.25, 0.3) is 0 Å². The van der Waals surface area contributed by atoms with Crippen LogP contribution in [-0.4, -0.2) is 36.2 Å². The van der Waals surface area contributed by atoms with Crippen molar-refractivity contribution >= 4 is 46.4 Å². The van der Waals surface area contributed by atoms with Gasteiger partial charge in [-0.15, -0.1) is 24.8 Å². The molecule has 0 unspecified atom stereocenters. The number of phenolic OH excluding ortho intramolecular Hbond substituents is 1. The molecule has 0 bridgehead atoms. The molecule has 23 heavy (non-hydrogen) atoms. The molecule has 1 atom stereocenters. The fourth-order valence-electron chi connectivity index (χ4n) is 3.83. The van der Waals surface area contributed by atoms with E-state index in [-0.39, 0.29) is 36.6 Å². The predicted molar refractivity (Wildman–Crippen MR) is 104 cm³/mol. The van der Waals surface area contributed by atoms with Crippen molar-refractivity contribution in [1.82, 2.24) is 10.2 Å². The highest BCUT2D eigenvalue weighted by Crippen LogP contribution is 2.46. The standard InChI is InChI=1S/C16H24BrN3O.2ClH/c17-12-5-6-13(18)16(21)14(12)15(11-3-1-2-4-11)20-9-7-19-8-10-20;;/h5-6,11,15,19,21H,1-4,7-10,18H2;2*1H/t15-;;/m0../s1. The second-order valence-electron chi connectivity index (χ2n) is 6.17. The molecule has 1 saturated carbocycles. The smallest absolute Gasteiger partial charge is 0.144 e. The van der Waals surface area contributed by atoms with Crippen molar-refractivity contribution in [3.05, 3.63) is 22.2 Å². The Morgan fingerprint density at radius 2 is 1.78 bits per heavy atom. The molecule has 2 fully saturated rings. The summed E-state index contributed by atoms with van der Waals surface area (Å²) < 4.78 is 0.977. The molecule has 1 aliphatic heterocycles. The first-order valence-electron chi connectivity index (χ1n) is 7.90. The van der Waals surface area contributed by atoms with Gasteiger partial charge < -0.3 is 16.2 Å². The Hall–Kier alpha value is -0.200. The van der Waals surface area contributed by atoms with E-state index in [9.17, 15) is 5.11 Å². The van der Waals surface area contributed by atoms with E-state index in [1.807, 2.05) is 6.07 Å². The summed E-state index contributed by atoms with van der Waals surface area (Å²) in [5.74, 6) is 0.881. The molecule has 0 radical (unpaired) electrons. The zero-order chi connectivity index (χ0) is 14.8. The van der Waals surface area contributed by atoms with Gasteiger partial charge >= 0.3 is 0 Å². The lowest BCUT2D eigenvalue weighted by Crippen LogP contribution is -2.46. The van der Waals surface area contributed by atoms with Crippen LogP contribution in [0.5, 0.6) is 5.75 Å². The first-order chi connectivity index (χ1) is 10.2. The van der Waals surface area contributed by atoms with Crippen LogP contribution in [0.2, 0.25) is 0 Å². The van der Waals surface area contributed by atoms with Crippen molar-refractivity contribution in [1.29, 1.82) is 0 Å². The van der Waals surface area contributed by atoms with Crippen molar-refractivity contribution < 1.29 is 5.11 Å². The fraction of sp³-hybridized carbons (Fsp3) is 0.625. The van der Waals surface area contributed by atoms with Crippen LogP contribution >= 0.6 is 40.7 Å². The summed E-state index contributed by atoms with van der Waals surface area (Å²) in [4.78, 5) is 2.52. The molecule has 2 aliphatic rings. The van der Waals surface area contributed by atoms with Gasteiger partial charge in [0.05, 0.1) is 5.69 Å². The summed E-state index contributed by atoms with van der Waals surface area (Å²) in [6.45, 7) is 4.09. The second kappa shape index (κ2) is 9.33. The van der Waals surface area contributed by atoms with Gasteiger partial charge in [-0.3, -0.25) is 4.90 Å². The highest BCUT2D eigenvalue weighted by atomic mass is 79.9. The van der Waals surface area contributed by atoms with E-state index in [0.717, 1.165) is 36.2 Å². The number of hydrogen-bond acceptors (Lipinski definition) is 4. The fourth-order valence-corrected chi connectivity index (χ4v) is 4.39. The van der Waals surface area contributed by atoms with Gasteiger partial charge in [-0.25, -0.2) is 0 Å². The largest absolute Gasteiger partial charge is 0.505 e. The van der Waals surface area contributed by atoms with Gasteiger partial charge in [0.2, 0.25) is 0 Å². The minimum atomic E-state index is 0. The Morgan fingerprint density at radius 3 is 2.39 bits per heavy atom. The number of nitrogens with zero attached hydrogens (tertiary/aromatic N) is 1. The zero-order valence-electron chi connectivity index (χ0n) is 13.1. The minimum Gasteiger partial charge on any atom is -0.505 e. The maximum Gasteiger partial charge on any atom is 0.144 e. The van der Waals surface area contributed by atoms with Crippen LogP contribution in [-0.2, 0) is 0 Å². The van der Waals surface area contributed by atoms with E-state index in [4.69, 9.17) is 5.73 Å². The molecular formula is C16H26BrCl2N3O. The van der Waals surface area contributed by atoms with Crippen LogP contribution in [0.25, 0.3) is 0 Å². The molecule has 1 aromatic carbocycles. The van der Waals surface area contributed by atoms with E-state index in [1.165, 1.54) is 25.7 Å². The van der Waals surface area contributed by atoms with Crippen LogP contribution in [0.1, 0.15) is 37.3 Å². The summed E-state index contributed by atoms with van der Waals surface area (Å²) >= 11 is 3.64. The van der Waals surface area contributed by atoms with Crippen molar-refractivity contribution in [2.45, 2.75) is 31.7 Å². The molecule has 3 rings (SSSR count). The molecule has 0 amide bonds. The third-order valence-electron chi connectivity index (χ3n) is 4.88. The second-order valence-corrected chi connectivity index (χ2v) is 7.03. The van der Waals surface area contributed by atoms with Crippen LogP contribution in [0, 0.1) is 5.92 Å². The van der Waals surface area contributed by atoms with Gasteiger partial charge in [-0.05, 0) is 30.9 Å². The number of aromatic hydroxyl groups is 1. The first kappa shape index (κ1) is 20.8. The summed E-state index contributed by atoms with van der Waals surface area (Å²) in [5, 5.41) is 14.0. The lowest BCUT2D eigenvalue weighted by atomic mass is 9.89. The van der Waals surface area contributed by atoms with Crippen molar-refractivity contribution in [3.8, 4) is 5.75 Å². The lowest BCUT2D eigenvalue weighted by molar-refractivity contribution is 0.123. The number of halogens is 3. The number of nitrogen functional groups attached to an aromatic ring is 1. The highest BCUT2D eigenvalue weighted by molar-refractivity contribution is 9.10. The summed E-state index contributed by atoms with van der Waals surface area (Å²) in [7, 11) is 0. The van der Waals surface area contributed by atoms with E-state index < -0.39 is 0 Å². The number of piperazine rings is 1. The molecular weight excluding hydrogens is 401 g/mol. The summed E-state index contributed by atoms with van der Waals surface area (Å²) in [6, 6.07) is 4.01. The highest BCUT2D eigenvalue weighted by Gasteiger charge is 2.35. The molecule has 4 nitrogen and oxygen atoms in total. The number of rotatable bonds is 3. The monoisotopic (exact) mass is 425 g/mol. The molecule has 0 aromatic heterocycles.